The third-order valence-corrected chi connectivity index (χ3v) is 6.07. The highest BCUT2D eigenvalue weighted by atomic mass is 79.9. The van der Waals surface area contributed by atoms with E-state index in [1.807, 2.05) is 17.0 Å². The first-order valence-electron chi connectivity index (χ1n) is 8.99. The van der Waals surface area contributed by atoms with Gasteiger partial charge in [0.15, 0.2) is 0 Å². The highest BCUT2D eigenvalue weighted by Crippen LogP contribution is 2.36. The van der Waals surface area contributed by atoms with Crippen molar-refractivity contribution in [2.24, 2.45) is 0 Å². The standard InChI is InChI=1S/C20H18Br2ClN3O4/c1-30-20-13(11-14(21)12-15(20)22)5-6-18(27)24-7-9-25(10-8-24)19-16(23)3-2-4-17(19)26(28)29/h2-6,11-12H,7-10H2,1H3/b6-5+. The lowest BCUT2D eigenvalue weighted by Gasteiger charge is -2.35. The Balaban J connectivity index is 1.70. The zero-order chi connectivity index (χ0) is 21.8. The van der Waals surface area contributed by atoms with Crippen LogP contribution in [-0.4, -0.2) is 49.0 Å². The molecule has 10 heteroatoms. The second-order valence-corrected chi connectivity index (χ2v) is 8.70. The molecule has 0 bridgehead atoms. The van der Waals surface area contributed by atoms with Gasteiger partial charge in [0.05, 0.1) is 21.5 Å². The maximum atomic E-state index is 12.6. The molecule has 7 nitrogen and oxygen atoms in total. The summed E-state index contributed by atoms with van der Waals surface area (Å²) in [5.74, 6) is 0.500. The number of benzene rings is 2. The lowest BCUT2D eigenvalue weighted by molar-refractivity contribution is -0.384. The molecule has 158 valence electrons. The van der Waals surface area contributed by atoms with Gasteiger partial charge in [0, 0.05) is 48.4 Å². The van der Waals surface area contributed by atoms with Crippen molar-refractivity contribution >= 4 is 66.8 Å². The Morgan fingerprint density at radius 1 is 1.23 bits per heavy atom. The second kappa shape index (κ2) is 9.80. The van der Waals surface area contributed by atoms with Gasteiger partial charge in [-0.15, -0.1) is 0 Å². The van der Waals surface area contributed by atoms with Crippen molar-refractivity contribution in [3.8, 4) is 5.75 Å². The third kappa shape index (κ3) is 4.96. The second-order valence-electron chi connectivity index (χ2n) is 6.52. The number of nitro benzene ring substituents is 1. The van der Waals surface area contributed by atoms with Crippen molar-refractivity contribution in [3.63, 3.8) is 0 Å². The lowest BCUT2D eigenvalue weighted by atomic mass is 10.1. The van der Waals surface area contributed by atoms with E-state index in [1.54, 1.807) is 30.2 Å². The summed E-state index contributed by atoms with van der Waals surface area (Å²) in [7, 11) is 1.57. The van der Waals surface area contributed by atoms with Crippen LogP contribution in [0.4, 0.5) is 11.4 Å². The molecule has 0 aliphatic carbocycles. The maximum Gasteiger partial charge on any atom is 0.294 e. The number of carbonyl (C=O) groups excluding carboxylic acids is 1. The zero-order valence-corrected chi connectivity index (χ0v) is 19.9. The van der Waals surface area contributed by atoms with E-state index in [4.69, 9.17) is 16.3 Å². The molecule has 3 rings (SSSR count). The van der Waals surface area contributed by atoms with Crippen LogP contribution in [0.25, 0.3) is 6.08 Å². The number of methoxy groups -OCH3 is 1. The predicted molar refractivity (Wildman–Crippen MR) is 124 cm³/mol. The van der Waals surface area contributed by atoms with Crippen molar-refractivity contribution in [3.05, 3.63) is 66.1 Å². The molecule has 0 saturated carbocycles. The third-order valence-electron chi connectivity index (χ3n) is 4.72. The van der Waals surface area contributed by atoms with Crippen LogP contribution in [0.2, 0.25) is 5.02 Å². The van der Waals surface area contributed by atoms with Crippen molar-refractivity contribution in [2.45, 2.75) is 0 Å². The molecule has 1 aliphatic heterocycles. The van der Waals surface area contributed by atoms with Crippen LogP contribution in [0.15, 0.2) is 45.4 Å². The van der Waals surface area contributed by atoms with Crippen molar-refractivity contribution in [1.82, 2.24) is 4.90 Å². The lowest BCUT2D eigenvalue weighted by Crippen LogP contribution is -2.48. The SMILES string of the molecule is COc1c(Br)cc(Br)cc1/C=C/C(=O)N1CCN(c2c(Cl)cccc2[N+](=O)[O-])CC1. The molecular formula is C20H18Br2ClN3O4. The van der Waals surface area contributed by atoms with E-state index in [9.17, 15) is 14.9 Å². The molecule has 1 aliphatic rings. The molecule has 0 atom stereocenters. The number of nitrogens with zero attached hydrogens (tertiary/aromatic N) is 3. The van der Waals surface area contributed by atoms with Crippen LogP contribution in [0, 0.1) is 10.1 Å². The number of carbonyl (C=O) groups is 1. The summed E-state index contributed by atoms with van der Waals surface area (Å²) in [6.07, 6.45) is 3.21. The Labute approximate surface area is 195 Å². The first kappa shape index (κ1) is 22.6. The minimum absolute atomic E-state index is 0.0329. The Morgan fingerprint density at radius 2 is 1.93 bits per heavy atom. The quantitative estimate of drug-likeness (QED) is 0.288. The van der Waals surface area contributed by atoms with E-state index < -0.39 is 4.92 Å². The van der Waals surface area contributed by atoms with Crippen molar-refractivity contribution in [2.75, 3.05) is 38.2 Å². The van der Waals surface area contributed by atoms with Gasteiger partial charge in [-0.3, -0.25) is 14.9 Å². The highest BCUT2D eigenvalue weighted by Gasteiger charge is 2.27. The van der Waals surface area contributed by atoms with Gasteiger partial charge in [0.25, 0.3) is 5.69 Å². The van der Waals surface area contributed by atoms with Crippen molar-refractivity contribution < 1.29 is 14.5 Å². The van der Waals surface area contributed by atoms with Gasteiger partial charge in [-0.1, -0.05) is 33.6 Å². The first-order valence-corrected chi connectivity index (χ1v) is 11.0. The summed E-state index contributed by atoms with van der Waals surface area (Å²) in [4.78, 5) is 27.1. The average molecular weight is 560 g/mol. The van der Waals surface area contributed by atoms with Crippen LogP contribution in [-0.2, 0) is 4.79 Å². The number of anilines is 1. The number of hydrogen-bond acceptors (Lipinski definition) is 5. The van der Waals surface area contributed by atoms with Gasteiger partial charge < -0.3 is 14.5 Å². The smallest absolute Gasteiger partial charge is 0.294 e. The summed E-state index contributed by atoms with van der Waals surface area (Å²) in [5.41, 5.74) is 1.13. The topological polar surface area (TPSA) is 75.9 Å². The minimum Gasteiger partial charge on any atom is -0.495 e. The van der Waals surface area contributed by atoms with Gasteiger partial charge >= 0.3 is 0 Å². The molecule has 1 saturated heterocycles. The van der Waals surface area contributed by atoms with E-state index in [0.29, 0.717) is 42.6 Å². The largest absolute Gasteiger partial charge is 0.495 e. The Kier molecular flexibility index (Phi) is 7.38. The summed E-state index contributed by atoms with van der Waals surface area (Å²) in [5, 5.41) is 11.7. The molecule has 2 aromatic rings. The number of nitro groups is 1. The summed E-state index contributed by atoms with van der Waals surface area (Å²) < 4.78 is 7.03. The molecule has 0 aromatic heterocycles. The van der Waals surface area contributed by atoms with Crippen molar-refractivity contribution in [1.29, 1.82) is 0 Å². The van der Waals surface area contributed by atoms with Crippen LogP contribution >= 0.6 is 43.5 Å². The monoisotopic (exact) mass is 557 g/mol. The summed E-state index contributed by atoms with van der Waals surface area (Å²) >= 11 is 13.1. The molecule has 2 aromatic carbocycles. The van der Waals surface area contributed by atoms with Gasteiger partial charge in [0.1, 0.15) is 11.4 Å². The number of para-hydroxylation sites is 1. The average Bonchev–Trinajstić information content (AvgIpc) is 2.71. The van der Waals surface area contributed by atoms with Crippen LogP contribution in [0.5, 0.6) is 5.75 Å². The highest BCUT2D eigenvalue weighted by molar-refractivity contribution is 9.11. The molecule has 0 N–H and O–H groups in total. The Morgan fingerprint density at radius 3 is 2.57 bits per heavy atom. The van der Waals surface area contributed by atoms with Gasteiger partial charge in [-0.25, -0.2) is 0 Å². The summed E-state index contributed by atoms with van der Waals surface area (Å²) in [6, 6.07) is 8.36. The van der Waals surface area contributed by atoms with Gasteiger partial charge in [-0.2, -0.15) is 0 Å². The fourth-order valence-electron chi connectivity index (χ4n) is 3.30. The normalized spacial score (nSPS) is 14.3. The fourth-order valence-corrected chi connectivity index (χ4v) is 5.01. The number of hydrogen-bond donors (Lipinski definition) is 0. The maximum absolute atomic E-state index is 12.6. The summed E-state index contributed by atoms with van der Waals surface area (Å²) in [6.45, 7) is 1.78. The molecule has 0 radical (unpaired) electrons. The van der Waals surface area contributed by atoms with E-state index >= 15 is 0 Å². The number of rotatable bonds is 5. The van der Waals surface area contributed by atoms with Crippen LogP contribution in [0.3, 0.4) is 0 Å². The van der Waals surface area contributed by atoms with E-state index in [0.717, 1.165) is 14.5 Å². The van der Waals surface area contributed by atoms with E-state index in [-0.39, 0.29) is 11.6 Å². The van der Waals surface area contributed by atoms with Gasteiger partial charge in [0.2, 0.25) is 5.91 Å². The van der Waals surface area contributed by atoms with Crippen LogP contribution < -0.4 is 9.64 Å². The Hall–Kier alpha value is -2.10. The van der Waals surface area contributed by atoms with E-state index in [1.165, 1.54) is 12.1 Å². The van der Waals surface area contributed by atoms with Crippen LogP contribution in [0.1, 0.15) is 5.56 Å². The molecule has 30 heavy (non-hydrogen) atoms. The minimum atomic E-state index is -0.439. The predicted octanol–water partition coefficient (Wildman–Crippen LogP) is 5.14. The number of piperazine rings is 1. The molecule has 1 amide bonds. The molecule has 1 heterocycles. The number of ether oxygens (including phenoxy) is 1. The molecular weight excluding hydrogens is 541 g/mol. The fraction of sp³-hybridized carbons (Fsp3) is 0.250. The molecule has 0 spiro atoms. The Bertz CT molecular complexity index is 1010. The first-order chi connectivity index (χ1) is 14.3. The van der Waals surface area contributed by atoms with Gasteiger partial charge in [-0.05, 0) is 40.2 Å². The molecule has 1 fully saturated rings. The zero-order valence-electron chi connectivity index (χ0n) is 16.0. The number of amides is 1. The molecule has 0 unspecified atom stereocenters. The van der Waals surface area contributed by atoms with E-state index in [2.05, 4.69) is 31.9 Å². The number of halogens is 3.